The monoisotopic (exact) mass is 381 g/mol. The summed E-state index contributed by atoms with van der Waals surface area (Å²) in [7, 11) is 0. The molecule has 1 aromatic heterocycles. The molecule has 1 heterocycles. The smallest absolute Gasteiger partial charge is 0.311 e. The van der Waals surface area contributed by atoms with Crippen molar-refractivity contribution in [3.8, 4) is 5.75 Å². The van der Waals surface area contributed by atoms with Gasteiger partial charge in [0.2, 0.25) is 5.75 Å². The molecule has 0 saturated carbocycles. The third-order valence-electron chi connectivity index (χ3n) is 3.74. The molecule has 0 unspecified atom stereocenters. The molecule has 8 heteroatoms. The fourth-order valence-electron chi connectivity index (χ4n) is 2.50. The maximum absolute atomic E-state index is 11.9. The van der Waals surface area contributed by atoms with Crippen molar-refractivity contribution in [2.24, 2.45) is 5.10 Å². The Hall–Kier alpha value is -3.52. The molecule has 136 valence electrons. The Kier molecular flexibility index (Phi) is 5.58. The molecule has 2 aromatic carbocycles. The van der Waals surface area contributed by atoms with Crippen molar-refractivity contribution < 1.29 is 14.8 Å². The SMILES string of the molecule is O=C(N/N=C\c1cc(Cc2ccccc2)cc([N+](=O)[O-])c1O)c1cccs1. The minimum atomic E-state index is -0.647. The minimum absolute atomic E-state index is 0.154. The number of phenols is 1. The molecule has 0 aliphatic rings. The zero-order valence-corrected chi connectivity index (χ0v) is 14.8. The highest BCUT2D eigenvalue weighted by Gasteiger charge is 2.18. The van der Waals surface area contributed by atoms with Gasteiger partial charge in [-0.15, -0.1) is 11.3 Å². The molecule has 1 amide bonds. The maximum atomic E-state index is 11.9. The van der Waals surface area contributed by atoms with Gasteiger partial charge in [0.15, 0.2) is 0 Å². The minimum Gasteiger partial charge on any atom is -0.502 e. The quantitative estimate of drug-likeness (QED) is 0.386. The predicted octanol–water partition coefficient (Wildman–Crippen LogP) is 3.72. The first-order valence-corrected chi connectivity index (χ1v) is 8.83. The Bertz CT molecular complexity index is 986. The lowest BCUT2D eigenvalue weighted by Gasteiger charge is -2.06. The summed E-state index contributed by atoms with van der Waals surface area (Å²) in [5.41, 5.74) is 3.71. The number of nitrogens with zero attached hydrogens (tertiary/aromatic N) is 2. The van der Waals surface area contributed by atoms with Gasteiger partial charge in [-0.2, -0.15) is 5.10 Å². The van der Waals surface area contributed by atoms with Crippen LogP contribution in [0.5, 0.6) is 5.75 Å². The molecule has 3 rings (SSSR count). The van der Waals surface area contributed by atoms with Crippen LogP contribution in [0.2, 0.25) is 0 Å². The lowest BCUT2D eigenvalue weighted by atomic mass is 10.0. The van der Waals surface area contributed by atoms with Crippen molar-refractivity contribution in [2.75, 3.05) is 0 Å². The van der Waals surface area contributed by atoms with Gasteiger partial charge in [-0.25, -0.2) is 5.43 Å². The Balaban J connectivity index is 1.85. The molecule has 0 saturated heterocycles. The van der Waals surface area contributed by atoms with Crippen LogP contribution in [0.3, 0.4) is 0 Å². The van der Waals surface area contributed by atoms with Gasteiger partial charge in [-0.3, -0.25) is 14.9 Å². The average Bonchev–Trinajstić information content (AvgIpc) is 3.19. The zero-order chi connectivity index (χ0) is 19.2. The first-order valence-electron chi connectivity index (χ1n) is 7.95. The summed E-state index contributed by atoms with van der Waals surface area (Å²) >= 11 is 1.27. The van der Waals surface area contributed by atoms with Crippen LogP contribution in [-0.2, 0) is 6.42 Å². The fraction of sp³-hybridized carbons (Fsp3) is 0.0526. The Morgan fingerprint density at radius 2 is 1.96 bits per heavy atom. The number of rotatable bonds is 6. The zero-order valence-electron chi connectivity index (χ0n) is 14.0. The molecule has 0 aliphatic carbocycles. The van der Waals surface area contributed by atoms with E-state index in [1.807, 2.05) is 30.3 Å². The molecular formula is C19H15N3O4S. The molecule has 0 radical (unpaired) electrons. The van der Waals surface area contributed by atoms with Crippen molar-refractivity contribution in [3.63, 3.8) is 0 Å². The Morgan fingerprint density at radius 3 is 2.63 bits per heavy atom. The standard InChI is InChI=1S/C19H15N3O4S/c23-18-15(12-20-21-19(24)17-7-4-8-27-17)10-14(11-16(18)22(25)26)9-13-5-2-1-3-6-13/h1-8,10-12,23H,9H2,(H,21,24)/b20-12-. The van der Waals surface area contributed by atoms with E-state index in [1.165, 1.54) is 23.6 Å². The van der Waals surface area contributed by atoms with E-state index in [0.717, 1.165) is 5.56 Å². The second-order valence-electron chi connectivity index (χ2n) is 5.65. The third kappa shape index (κ3) is 4.56. The second kappa shape index (κ2) is 8.24. The number of nitro benzene ring substituents is 1. The van der Waals surface area contributed by atoms with Crippen molar-refractivity contribution in [3.05, 3.63) is 91.7 Å². The Morgan fingerprint density at radius 1 is 1.19 bits per heavy atom. The number of nitro groups is 1. The van der Waals surface area contributed by atoms with E-state index in [4.69, 9.17) is 0 Å². The van der Waals surface area contributed by atoms with Crippen LogP contribution in [0.1, 0.15) is 26.4 Å². The van der Waals surface area contributed by atoms with E-state index >= 15 is 0 Å². The third-order valence-corrected chi connectivity index (χ3v) is 4.61. The summed E-state index contributed by atoms with van der Waals surface area (Å²) in [6.07, 6.45) is 1.66. The first-order chi connectivity index (χ1) is 13.0. The van der Waals surface area contributed by atoms with Crippen LogP contribution in [0.4, 0.5) is 5.69 Å². The molecular weight excluding hydrogens is 366 g/mol. The van der Waals surface area contributed by atoms with Crippen molar-refractivity contribution in [2.45, 2.75) is 6.42 Å². The number of thiophene rings is 1. The topological polar surface area (TPSA) is 105 Å². The summed E-state index contributed by atoms with van der Waals surface area (Å²) in [4.78, 5) is 23.0. The van der Waals surface area contributed by atoms with Crippen LogP contribution in [0.25, 0.3) is 0 Å². The molecule has 3 aromatic rings. The van der Waals surface area contributed by atoms with Gasteiger partial charge in [-0.05, 0) is 35.1 Å². The highest BCUT2D eigenvalue weighted by Crippen LogP contribution is 2.31. The fourth-order valence-corrected chi connectivity index (χ4v) is 3.11. The number of aromatic hydroxyl groups is 1. The van der Waals surface area contributed by atoms with Crippen molar-refractivity contribution >= 4 is 29.1 Å². The summed E-state index contributed by atoms with van der Waals surface area (Å²) < 4.78 is 0. The van der Waals surface area contributed by atoms with E-state index in [9.17, 15) is 20.0 Å². The number of phenolic OH excluding ortho intramolecular Hbond substituents is 1. The van der Waals surface area contributed by atoms with Gasteiger partial charge < -0.3 is 5.11 Å². The largest absolute Gasteiger partial charge is 0.502 e. The van der Waals surface area contributed by atoms with E-state index in [1.54, 1.807) is 23.6 Å². The van der Waals surface area contributed by atoms with Gasteiger partial charge >= 0.3 is 5.69 Å². The molecule has 0 fully saturated rings. The molecule has 2 N–H and O–H groups in total. The number of hydrogen-bond acceptors (Lipinski definition) is 6. The van der Waals surface area contributed by atoms with Gasteiger partial charge in [0.05, 0.1) is 16.0 Å². The number of hydrazone groups is 1. The number of benzene rings is 2. The van der Waals surface area contributed by atoms with Gasteiger partial charge in [-0.1, -0.05) is 36.4 Å². The van der Waals surface area contributed by atoms with Gasteiger partial charge in [0.25, 0.3) is 5.91 Å². The lowest BCUT2D eigenvalue weighted by Crippen LogP contribution is -2.16. The molecule has 0 atom stereocenters. The summed E-state index contributed by atoms with van der Waals surface area (Å²) in [5, 5.41) is 27.0. The number of amides is 1. The van der Waals surface area contributed by atoms with Crippen LogP contribution in [0.15, 0.2) is 65.1 Å². The molecule has 0 aliphatic heterocycles. The molecule has 27 heavy (non-hydrogen) atoms. The van der Waals surface area contributed by atoms with E-state index < -0.39 is 22.3 Å². The van der Waals surface area contributed by atoms with Crippen LogP contribution in [-0.4, -0.2) is 22.2 Å². The first kappa shape index (κ1) is 18.3. The lowest BCUT2D eigenvalue weighted by molar-refractivity contribution is -0.385. The second-order valence-corrected chi connectivity index (χ2v) is 6.60. The molecule has 0 spiro atoms. The predicted molar refractivity (Wildman–Crippen MR) is 103 cm³/mol. The summed E-state index contributed by atoms with van der Waals surface area (Å²) in [6.45, 7) is 0. The van der Waals surface area contributed by atoms with Crippen LogP contribution in [0, 0.1) is 10.1 Å². The summed E-state index contributed by atoms with van der Waals surface area (Å²) in [6, 6.07) is 15.8. The van der Waals surface area contributed by atoms with E-state index in [0.29, 0.717) is 16.9 Å². The van der Waals surface area contributed by atoms with Crippen LogP contribution >= 0.6 is 11.3 Å². The highest BCUT2D eigenvalue weighted by atomic mass is 32.1. The van der Waals surface area contributed by atoms with Crippen molar-refractivity contribution in [1.82, 2.24) is 5.43 Å². The van der Waals surface area contributed by atoms with Crippen LogP contribution < -0.4 is 5.43 Å². The van der Waals surface area contributed by atoms with Gasteiger partial charge in [0, 0.05) is 11.6 Å². The molecule has 0 bridgehead atoms. The normalized spacial score (nSPS) is 10.8. The highest BCUT2D eigenvalue weighted by molar-refractivity contribution is 7.12. The number of hydrogen-bond donors (Lipinski definition) is 2. The molecule has 7 nitrogen and oxygen atoms in total. The number of nitrogens with one attached hydrogen (secondary N) is 1. The van der Waals surface area contributed by atoms with Crippen molar-refractivity contribution in [1.29, 1.82) is 0 Å². The maximum Gasteiger partial charge on any atom is 0.311 e. The summed E-state index contributed by atoms with van der Waals surface area (Å²) in [5.74, 6) is -0.887. The van der Waals surface area contributed by atoms with E-state index in [-0.39, 0.29) is 5.56 Å². The number of carbonyl (C=O) groups is 1. The Labute approximate surface area is 158 Å². The number of carbonyl (C=O) groups excluding carboxylic acids is 1. The van der Waals surface area contributed by atoms with Gasteiger partial charge in [0.1, 0.15) is 0 Å². The van der Waals surface area contributed by atoms with E-state index in [2.05, 4.69) is 10.5 Å². The average molecular weight is 381 g/mol.